The molecule has 0 aliphatic heterocycles. The summed E-state index contributed by atoms with van der Waals surface area (Å²) in [4.78, 5) is 8.70. The van der Waals surface area contributed by atoms with Crippen LogP contribution >= 0.6 is 0 Å². The average Bonchev–Trinajstić information content (AvgIpc) is 3.27. The van der Waals surface area contributed by atoms with Crippen LogP contribution in [-0.4, -0.2) is 20.2 Å². The monoisotopic (exact) mass is 289 g/mol. The number of nitrogens with zero attached hydrogens (tertiary/aromatic N) is 4. The van der Waals surface area contributed by atoms with Crippen LogP contribution < -0.4 is 0 Å². The van der Waals surface area contributed by atoms with E-state index in [0.717, 1.165) is 47.2 Å². The van der Waals surface area contributed by atoms with E-state index in [4.69, 9.17) is 0 Å². The predicted octanol–water partition coefficient (Wildman–Crippen LogP) is 3.14. The lowest BCUT2D eigenvalue weighted by Gasteiger charge is -2.09. The molecule has 4 rings (SSSR count). The second-order valence-corrected chi connectivity index (χ2v) is 5.75. The summed E-state index contributed by atoms with van der Waals surface area (Å²) in [5, 5.41) is 17.7. The third kappa shape index (κ3) is 1.81. The van der Waals surface area contributed by atoms with Gasteiger partial charge in [-0.1, -0.05) is 25.1 Å². The van der Waals surface area contributed by atoms with Crippen LogP contribution in [0.1, 0.15) is 31.0 Å². The number of benzene rings is 1. The van der Waals surface area contributed by atoms with Crippen LogP contribution in [0.3, 0.4) is 0 Å². The minimum Gasteiger partial charge on any atom is -0.280 e. The lowest BCUT2D eigenvalue weighted by atomic mass is 9.94. The molecule has 0 atom stereocenters. The highest BCUT2D eigenvalue weighted by atomic mass is 15.2. The number of aryl methyl sites for hydroxylation is 1. The first-order valence-corrected chi connectivity index (χ1v) is 7.47. The third-order valence-corrected chi connectivity index (χ3v) is 4.43. The van der Waals surface area contributed by atoms with Crippen molar-refractivity contribution >= 4 is 11.0 Å². The van der Waals surface area contributed by atoms with Gasteiger partial charge >= 0.3 is 0 Å². The summed E-state index contributed by atoms with van der Waals surface area (Å²) in [7, 11) is 0. The maximum Gasteiger partial charge on any atom is 0.184 e. The second kappa shape index (κ2) is 4.63. The SMILES string of the molecule is CCc1[nH]nc2ncnc(-c3cccc(C4(C#N)CC4)c3)c12. The topological polar surface area (TPSA) is 78.2 Å². The smallest absolute Gasteiger partial charge is 0.184 e. The molecule has 1 saturated carbocycles. The molecular weight excluding hydrogens is 274 g/mol. The molecular formula is C17H15N5. The molecule has 108 valence electrons. The lowest BCUT2D eigenvalue weighted by molar-refractivity contribution is 0.909. The summed E-state index contributed by atoms with van der Waals surface area (Å²) in [6.07, 6.45) is 4.27. The van der Waals surface area contributed by atoms with Crippen molar-refractivity contribution in [2.45, 2.75) is 31.6 Å². The molecule has 0 amide bonds. The van der Waals surface area contributed by atoms with E-state index in [2.05, 4.69) is 39.2 Å². The van der Waals surface area contributed by atoms with Crippen LogP contribution in [0, 0.1) is 11.3 Å². The van der Waals surface area contributed by atoms with Gasteiger partial charge in [0.25, 0.3) is 0 Å². The van der Waals surface area contributed by atoms with Crippen molar-refractivity contribution in [2.24, 2.45) is 0 Å². The van der Waals surface area contributed by atoms with Crippen molar-refractivity contribution < 1.29 is 0 Å². The van der Waals surface area contributed by atoms with Crippen LogP contribution in [0.25, 0.3) is 22.3 Å². The minimum atomic E-state index is -0.286. The summed E-state index contributed by atoms with van der Waals surface area (Å²) in [6.45, 7) is 2.08. The van der Waals surface area contributed by atoms with Gasteiger partial charge in [0.2, 0.25) is 0 Å². The molecule has 0 saturated heterocycles. The number of H-pyrrole nitrogens is 1. The van der Waals surface area contributed by atoms with Crippen LogP contribution in [0.4, 0.5) is 0 Å². The average molecular weight is 289 g/mol. The van der Waals surface area contributed by atoms with Crippen LogP contribution in [0.2, 0.25) is 0 Å². The molecule has 0 radical (unpaired) electrons. The molecule has 0 bridgehead atoms. The van der Waals surface area contributed by atoms with E-state index < -0.39 is 0 Å². The van der Waals surface area contributed by atoms with Gasteiger partial charge in [-0.3, -0.25) is 5.10 Å². The molecule has 22 heavy (non-hydrogen) atoms. The first-order valence-electron chi connectivity index (χ1n) is 7.47. The van der Waals surface area contributed by atoms with E-state index in [1.54, 1.807) is 6.33 Å². The maximum absolute atomic E-state index is 9.40. The Hall–Kier alpha value is -2.74. The van der Waals surface area contributed by atoms with Crippen molar-refractivity contribution in [2.75, 3.05) is 0 Å². The summed E-state index contributed by atoms with van der Waals surface area (Å²) < 4.78 is 0. The van der Waals surface area contributed by atoms with Gasteiger partial charge in [0.1, 0.15) is 6.33 Å². The van der Waals surface area contributed by atoms with Gasteiger partial charge < -0.3 is 0 Å². The van der Waals surface area contributed by atoms with E-state index in [1.807, 2.05) is 18.2 Å². The highest BCUT2D eigenvalue weighted by Crippen LogP contribution is 2.48. The Morgan fingerprint density at radius 1 is 1.32 bits per heavy atom. The normalized spacial score (nSPS) is 15.6. The third-order valence-electron chi connectivity index (χ3n) is 4.43. The highest BCUT2D eigenvalue weighted by Gasteiger charge is 2.44. The number of nitrogens with one attached hydrogen (secondary N) is 1. The molecule has 1 N–H and O–H groups in total. The van der Waals surface area contributed by atoms with Gasteiger partial charge in [0, 0.05) is 11.3 Å². The first kappa shape index (κ1) is 13.0. The summed E-state index contributed by atoms with van der Waals surface area (Å²) in [5.74, 6) is 0. The van der Waals surface area contributed by atoms with Gasteiger partial charge in [0.05, 0.1) is 22.6 Å². The first-order chi connectivity index (χ1) is 10.8. The van der Waals surface area contributed by atoms with E-state index in [1.165, 1.54) is 0 Å². The van der Waals surface area contributed by atoms with Crippen LogP contribution in [0.5, 0.6) is 0 Å². The number of fused-ring (bicyclic) bond motifs is 1. The molecule has 2 aromatic heterocycles. The minimum absolute atomic E-state index is 0.286. The Kier molecular flexibility index (Phi) is 2.73. The molecule has 0 spiro atoms. The van der Waals surface area contributed by atoms with Crippen molar-refractivity contribution in [3.63, 3.8) is 0 Å². The summed E-state index contributed by atoms with van der Waals surface area (Å²) >= 11 is 0. The van der Waals surface area contributed by atoms with E-state index in [0.29, 0.717) is 5.65 Å². The largest absolute Gasteiger partial charge is 0.280 e. The fraction of sp³-hybridized carbons (Fsp3) is 0.294. The molecule has 0 unspecified atom stereocenters. The quantitative estimate of drug-likeness (QED) is 0.803. The van der Waals surface area contributed by atoms with E-state index in [-0.39, 0.29) is 5.41 Å². The number of aromatic nitrogens is 4. The summed E-state index contributed by atoms with van der Waals surface area (Å²) in [5.41, 5.74) is 4.42. The lowest BCUT2D eigenvalue weighted by Crippen LogP contribution is -2.02. The van der Waals surface area contributed by atoms with Gasteiger partial charge in [-0.05, 0) is 30.9 Å². The number of nitriles is 1. The van der Waals surface area contributed by atoms with Crippen LogP contribution in [0.15, 0.2) is 30.6 Å². The Balaban J connectivity index is 1.91. The van der Waals surface area contributed by atoms with Crippen molar-refractivity contribution in [3.05, 3.63) is 41.9 Å². The molecule has 1 aliphatic rings. The zero-order chi connectivity index (χ0) is 15.2. The van der Waals surface area contributed by atoms with E-state index >= 15 is 0 Å². The van der Waals surface area contributed by atoms with Crippen LogP contribution in [-0.2, 0) is 11.8 Å². The number of aromatic amines is 1. The van der Waals surface area contributed by atoms with E-state index in [9.17, 15) is 5.26 Å². The van der Waals surface area contributed by atoms with Gasteiger partial charge in [0.15, 0.2) is 5.65 Å². The van der Waals surface area contributed by atoms with Gasteiger partial charge in [-0.25, -0.2) is 9.97 Å². The zero-order valence-electron chi connectivity index (χ0n) is 12.3. The molecule has 1 aromatic carbocycles. The number of hydrogen-bond acceptors (Lipinski definition) is 4. The maximum atomic E-state index is 9.40. The number of rotatable bonds is 3. The fourth-order valence-electron chi connectivity index (χ4n) is 2.94. The van der Waals surface area contributed by atoms with Crippen molar-refractivity contribution in [1.29, 1.82) is 5.26 Å². The molecule has 5 nitrogen and oxygen atoms in total. The Morgan fingerprint density at radius 3 is 2.91 bits per heavy atom. The van der Waals surface area contributed by atoms with Gasteiger partial charge in [-0.2, -0.15) is 10.4 Å². The standard InChI is InChI=1S/C17H15N5/c1-2-13-14-15(19-10-20-16(14)22-21-13)11-4-3-5-12(8-11)17(9-18)6-7-17/h3-5,8,10H,2,6-7H2,1H3,(H,19,20,21,22). The fourth-order valence-corrected chi connectivity index (χ4v) is 2.94. The molecule has 3 aromatic rings. The Labute approximate surface area is 128 Å². The summed E-state index contributed by atoms with van der Waals surface area (Å²) in [6, 6.07) is 10.6. The molecule has 1 fully saturated rings. The molecule has 2 heterocycles. The number of hydrogen-bond donors (Lipinski definition) is 1. The highest BCUT2D eigenvalue weighted by molar-refractivity contribution is 5.92. The molecule has 5 heteroatoms. The Morgan fingerprint density at radius 2 is 2.18 bits per heavy atom. The zero-order valence-corrected chi connectivity index (χ0v) is 12.3. The second-order valence-electron chi connectivity index (χ2n) is 5.75. The molecule has 1 aliphatic carbocycles. The Bertz CT molecular complexity index is 899. The van der Waals surface area contributed by atoms with Crippen molar-refractivity contribution in [1.82, 2.24) is 20.2 Å². The van der Waals surface area contributed by atoms with Crippen molar-refractivity contribution in [3.8, 4) is 17.3 Å². The predicted molar refractivity (Wildman–Crippen MR) is 83.0 cm³/mol. The van der Waals surface area contributed by atoms with Gasteiger partial charge in [-0.15, -0.1) is 0 Å².